The van der Waals surface area contributed by atoms with E-state index < -0.39 is 11.9 Å². The first kappa shape index (κ1) is 13.1. The molecule has 3 rings (SSSR count). The molecule has 0 aliphatic heterocycles. The van der Waals surface area contributed by atoms with E-state index in [1.807, 2.05) is 11.4 Å². The Morgan fingerprint density at radius 1 is 1.37 bits per heavy atom. The number of carboxylic acid groups (broad SMARTS) is 1. The summed E-state index contributed by atoms with van der Waals surface area (Å²) >= 11 is 4.70. The largest absolute Gasteiger partial charge is 0.481 e. The van der Waals surface area contributed by atoms with Gasteiger partial charge in [-0.3, -0.25) is 9.59 Å². The maximum absolute atomic E-state index is 12.2. The fraction of sp³-hybridized carbons (Fsp3) is 0.538. The summed E-state index contributed by atoms with van der Waals surface area (Å²) in [7, 11) is 0. The van der Waals surface area contributed by atoms with Crippen molar-refractivity contribution in [2.45, 2.75) is 25.3 Å². The second kappa shape index (κ2) is 4.90. The van der Waals surface area contributed by atoms with Crippen molar-refractivity contribution in [2.24, 2.45) is 17.8 Å². The van der Waals surface area contributed by atoms with Gasteiger partial charge in [0.2, 0.25) is 0 Å². The Morgan fingerprint density at radius 3 is 2.74 bits per heavy atom. The van der Waals surface area contributed by atoms with E-state index in [-0.39, 0.29) is 17.9 Å². The summed E-state index contributed by atoms with van der Waals surface area (Å²) in [6, 6.07) is 1.62. The molecule has 0 unspecified atom stereocenters. The van der Waals surface area contributed by atoms with Crippen molar-refractivity contribution in [2.75, 3.05) is 0 Å². The standard InChI is InChI=1S/C13H14BrNO3S/c14-8-3-4-19-11(8)12(16)15-10-7-2-1-6(5-7)9(10)13(17)18/h3-4,6-7,9-10H,1-2,5H2,(H,15,16)(H,17,18)/t6-,7-,9-,10-/m0/s1. The Labute approximate surface area is 123 Å². The van der Waals surface area contributed by atoms with Gasteiger partial charge in [-0.1, -0.05) is 0 Å². The number of carbonyl (C=O) groups is 2. The Bertz CT molecular complexity index is 530. The number of hydrogen-bond donors (Lipinski definition) is 2. The molecular weight excluding hydrogens is 330 g/mol. The number of nitrogens with one attached hydrogen (secondary N) is 1. The van der Waals surface area contributed by atoms with Crippen molar-refractivity contribution in [1.29, 1.82) is 0 Å². The lowest BCUT2D eigenvalue weighted by Gasteiger charge is -2.28. The highest BCUT2D eigenvalue weighted by Gasteiger charge is 2.51. The van der Waals surface area contributed by atoms with Crippen LogP contribution >= 0.6 is 27.3 Å². The van der Waals surface area contributed by atoms with Crippen LogP contribution in [0.3, 0.4) is 0 Å². The average Bonchev–Trinajstić information content (AvgIpc) is 3.03. The fourth-order valence-electron chi connectivity index (χ4n) is 3.53. The van der Waals surface area contributed by atoms with E-state index in [4.69, 9.17) is 0 Å². The second-order valence-electron chi connectivity index (χ2n) is 5.29. The van der Waals surface area contributed by atoms with Crippen LogP contribution in [-0.4, -0.2) is 23.0 Å². The van der Waals surface area contributed by atoms with Crippen LogP contribution in [0.5, 0.6) is 0 Å². The fourth-order valence-corrected chi connectivity index (χ4v) is 4.98. The number of thiophene rings is 1. The van der Waals surface area contributed by atoms with E-state index in [0.29, 0.717) is 10.8 Å². The number of amides is 1. The average molecular weight is 344 g/mol. The zero-order chi connectivity index (χ0) is 13.6. The summed E-state index contributed by atoms with van der Waals surface area (Å²) in [6.07, 6.45) is 2.95. The molecule has 0 aromatic carbocycles. The number of hydrogen-bond acceptors (Lipinski definition) is 3. The second-order valence-corrected chi connectivity index (χ2v) is 7.06. The van der Waals surface area contributed by atoms with Gasteiger partial charge in [-0.05, 0) is 58.5 Å². The van der Waals surface area contributed by atoms with Crippen LogP contribution in [0.15, 0.2) is 15.9 Å². The van der Waals surface area contributed by atoms with E-state index in [0.717, 1.165) is 23.7 Å². The van der Waals surface area contributed by atoms with Gasteiger partial charge in [0.1, 0.15) is 4.88 Å². The van der Waals surface area contributed by atoms with E-state index in [1.165, 1.54) is 11.3 Å². The van der Waals surface area contributed by atoms with Gasteiger partial charge < -0.3 is 10.4 Å². The zero-order valence-electron chi connectivity index (χ0n) is 10.1. The van der Waals surface area contributed by atoms with Crippen LogP contribution in [-0.2, 0) is 4.79 Å². The minimum atomic E-state index is -0.775. The minimum Gasteiger partial charge on any atom is -0.481 e. The predicted octanol–water partition coefficient (Wildman–Crippen LogP) is 2.74. The third-order valence-corrected chi connectivity index (χ3v) is 6.16. The summed E-state index contributed by atoms with van der Waals surface area (Å²) in [5, 5.41) is 14.1. The molecule has 2 bridgehead atoms. The molecular formula is C13H14BrNO3S. The Morgan fingerprint density at radius 2 is 2.11 bits per heavy atom. The molecule has 102 valence electrons. The number of halogens is 1. The summed E-state index contributed by atoms with van der Waals surface area (Å²) in [5.41, 5.74) is 0. The molecule has 19 heavy (non-hydrogen) atoms. The predicted molar refractivity (Wildman–Crippen MR) is 75.2 cm³/mol. The van der Waals surface area contributed by atoms with Gasteiger partial charge >= 0.3 is 5.97 Å². The molecule has 4 nitrogen and oxygen atoms in total. The number of aliphatic carboxylic acids is 1. The number of fused-ring (bicyclic) bond motifs is 2. The lowest BCUT2D eigenvalue weighted by Crippen LogP contribution is -2.46. The molecule has 1 aromatic heterocycles. The van der Waals surface area contributed by atoms with Gasteiger partial charge in [0.05, 0.1) is 5.92 Å². The molecule has 2 saturated carbocycles. The molecule has 2 fully saturated rings. The van der Waals surface area contributed by atoms with Crippen LogP contribution in [0, 0.1) is 17.8 Å². The molecule has 1 heterocycles. The maximum atomic E-state index is 12.2. The maximum Gasteiger partial charge on any atom is 0.308 e. The highest BCUT2D eigenvalue weighted by atomic mass is 79.9. The third kappa shape index (κ3) is 2.21. The van der Waals surface area contributed by atoms with Crippen LogP contribution in [0.2, 0.25) is 0 Å². The molecule has 2 aliphatic carbocycles. The lowest BCUT2D eigenvalue weighted by molar-refractivity contribution is -0.144. The Hall–Kier alpha value is -0.880. The van der Waals surface area contributed by atoms with Crippen molar-refractivity contribution in [3.05, 3.63) is 20.8 Å². The van der Waals surface area contributed by atoms with Gasteiger partial charge in [0.25, 0.3) is 5.91 Å². The van der Waals surface area contributed by atoms with Gasteiger partial charge in [-0.25, -0.2) is 0 Å². The zero-order valence-corrected chi connectivity index (χ0v) is 12.5. The first-order valence-corrected chi connectivity index (χ1v) is 8.02. The van der Waals surface area contributed by atoms with Gasteiger partial charge in [0.15, 0.2) is 0 Å². The summed E-state index contributed by atoms with van der Waals surface area (Å²) in [6.45, 7) is 0. The monoisotopic (exact) mass is 343 g/mol. The molecule has 1 amide bonds. The van der Waals surface area contributed by atoms with E-state index in [1.54, 1.807) is 0 Å². The van der Waals surface area contributed by atoms with E-state index >= 15 is 0 Å². The van der Waals surface area contributed by atoms with Crippen molar-refractivity contribution < 1.29 is 14.7 Å². The quantitative estimate of drug-likeness (QED) is 0.886. The summed E-state index contributed by atoms with van der Waals surface area (Å²) < 4.78 is 0.769. The minimum absolute atomic E-state index is 0.161. The van der Waals surface area contributed by atoms with Crippen LogP contribution < -0.4 is 5.32 Å². The Balaban J connectivity index is 1.77. The number of carboxylic acids is 1. The van der Waals surface area contributed by atoms with Gasteiger partial charge in [0, 0.05) is 10.5 Å². The molecule has 0 spiro atoms. The highest BCUT2D eigenvalue weighted by Crippen LogP contribution is 2.48. The highest BCUT2D eigenvalue weighted by molar-refractivity contribution is 9.10. The molecule has 2 N–H and O–H groups in total. The first-order valence-electron chi connectivity index (χ1n) is 6.34. The summed E-state index contributed by atoms with van der Waals surface area (Å²) in [4.78, 5) is 24.2. The number of carbonyl (C=O) groups excluding carboxylic acids is 1. The smallest absolute Gasteiger partial charge is 0.308 e. The molecule has 0 saturated heterocycles. The lowest BCUT2D eigenvalue weighted by atomic mass is 9.84. The van der Waals surface area contributed by atoms with Gasteiger partial charge in [-0.2, -0.15) is 0 Å². The van der Waals surface area contributed by atoms with Crippen LogP contribution in [0.1, 0.15) is 28.9 Å². The normalized spacial score (nSPS) is 32.5. The molecule has 6 heteroatoms. The van der Waals surface area contributed by atoms with Crippen LogP contribution in [0.4, 0.5) is 0 Å². The molecule has 0 radical (unpaired) electrons. The van der Waals surface area contributed by atoms with E-state index in [2.05, 4.69) is 21.2 Å². The Kier molecular flexibility index (Phi) is 3.39. The molecule has 1 aromatic rings. The first-order chi connectivity index (χ1) is 9.08. The van der Waals surface area contributed by atoms with Crippen molar-refractivity contribution in [3.8, 4) is 0 Å². The summed E-state index contributed by atoms with van der Waals surface area (Å²) in [5.74, 6) is -0.789. The van der Waals surface area contributed by atoms with Crippen molar-refractivity contribution >= 4 is 39.1 Å². The number of rotatable bonds is 3. The van der Waals surface area contributed by atoms with Crippen molar-refractivity contribution in [1.82, 2.24) is 5.32 Å². The molecule has 4 atom stereocenters. The van der Waals surface area contributed by atoms with Crippen molar-refractivity contribution in [3.63, 3.8) is 0 Å². The van der Waals surface area contributed by atoms with Gasteiger partial charge in [-0.15, -0.1) is 11.3 Å². The SMILES string of the molecule is O=C(N[C@H]1[C@H]2CC[C@@H](C2)[C@@H]1C(=O)O)c1sccc1Br. The van der Waals surface area contributed by atoms with E-state index in [9.17, 15) is 14.7 Å². The topological polar surface area (TPSA) is 66.4 Å². The molecule has 2 aliphatic rings. The van der Waals surface area contributed by atoms with Crippen LogP contribution in [0.25, 0.3) is 0 Å². The third-order valence-electron chi connectivity index (χ3n) is 4.32.